The number of halogens is 3. The van der Waals surface area contributed by atoms with Crippen molar-refractivity contribution in [2.75, 3.05) is 14.2 Å². The predicted octanol–water partition coefficient (Wildman–Crippen LogP) is 5.57. The van der Waals surface area contributed by atoms with Crippen molar-refractivity contribution in [3.05, 3.63) is 0 Å². The van der Waals surface area contributed by atoms with Gasteiger partial charge in [0.15, 0.2) is 0 Å². The van der Waals surface area contributed by atoms with Gasteiger partial charge in [0.25, 0.3) is 0 Å². The number of rotatable bonds is 14. The van der Waals surface area contributed by atoms with Crippen molar-refractivity contribution >= 4 is 0 Å². The maximum atomic E-state index is 12.6. The molecule has 0 amide bonds. The van der Waals surface area contributed by atoms with E-state index in [1.54, 1.807) is 0 Å². The van der Waals surface area contributed by atoms with Gasteiger partial charge in [-0.05, 0) is 19.8 Å². The summed E-state index contributed by atoms with van der Waals surface area (Å²) >= 11 is 0. The van der Waals surface area contributed by atoms with Crippen molar-refractivity contribution in [3.8, 4) is 0 Å². The Hall–Kier alpha value is -0.370. The summed E-state index contributed by atoms with van der Waals surface area (Å²) in [4.78, 5) is 19.4. The molecule has 0 aromatic heterocycles. The van der Waals surface area contributed by atoms with Gasteiger partial charge in [-0.1, -0.05) is 45.4 Å². The van der Waals surface area contributed by atoms with Crippen molar-refractivity contribution < 1.29 is 32.7 Å². The van der Waals surface area contributed by atoms with Gasteiger partial charge in [-0.15, -0.1) is 0 Å². The van der Waals surface area contributed by atoms with Gasteiger partial charge in [0.05, 0.1) is 14.2 Å². The van der Waals surface area contributed by atoms with Gasteiger partial charge < -0.3 is 0 Å². The first-order chi connectivity index (χ1) is 10.8. The Morgan fingerprint density at radius 2 is 1.35 bits per heavy atom. The Labute approximate surface area is 137 Å². The van der Waals surface area contributed by atoms with Crippen molar-refractivity contribution in [1.82, 2.24) is 0 Å². The summed E-state index contributed by atoms with van der Waals surface area (Å²) in [5, 5.41) is 0. The van der Waals surface area contributed by atoms with Crippen molar-refractivity contribution in [2.24, 2.45) is 5.92 Å². The number of hydrogen-bond acceptors (Lipinski definition) is 4. The molecule has 0 rings (SSSR count). The predicted molar refractivity (Wildman–Crippen MR) is 81.4 cm³/mol. The molecule has 0 aliphatic carbocycles. The molecule has 0 aromatic rings. The summed E-state index contributed by atoms with van der Waals surface area (Å²) in [6, 6.07) is 0. The smallest absolute Gasteiger partial charge is 0.237 e. The lowest BCUT2D eigenvalue weighted by Crippen LogP contribution is -2.41. The van der Waals surface area contributed by atoms with E-state index in [1.165, 1.54) is 27.6 Å². The van der Waals surface area contributed by atoms with Crippen LogP contribution in [0.25, 0.3) is 0 Å². The molecule has 0 spiro atoms. The Kier molecular flexibility index (Phi) is 11.9. The van der Waals surface area contributed by atoms with Gasteiger partial charge in [0, 0.05) is 12.3 Å². The van der Waals surface area contributed by atoms with Gasteiger partial charge in [-0.2, -0.15) is 22.9 Å². The molecule has 0 saturated carbocycles. The average molecular weight is 344 g/mol. The summed E-state index contributed by atoms with van der Waals surface area (Å²) < 4.78 is 37.7. The summed E-state index contributed by atoms with van der Waals surface area (Å²) in [6.45, 7) is 3.68. The minimum atomic E-state index is -4.21. The molecule has 0 heterocycles. The highest BCUT2D eigenvalue weighted by atomic mass is 19.4. The van der Waals surface area contributed by atoms with E-state index in [0.717, 1.165) is 32.1 Å². The molecule has 0 bridgehead atoms. The van der Waals surface area contributed by atoms with E-state index in [4.69, 9.17) is 9.78 Å². The minimum absolute atomic E-state index is 0.0956. The highest BCUT2D eigenvalue weighted by Crippen LogP contribution is 2.35. The van der Waals surface area contributed by atoms with Crippen LogP contribution in [0.3, 0.4) is 0 Å². The molecule has 7 heteroatoms. The molecular weight excluding hydrogens is 313 g/mol. The molecule has 0 fully saturated rings. The molecule has 0 aromatic carbocycles. The fourth-order valence-electron chi connectivity index (χ4n) is 2.66. The second-order valence-corrected chi connectivity index (χ2v) is 5.92. The van der Waals surface area contributed by atoms with Crippen molar-refractivity contribution in [1.29, 1.82) is 0 Å². The Morgan fingerprint density at radius 1 is 0.826 bits per heavy atom. The van der Waals surface area contributed by atoms with Crippen LogP contribution in [0.4, 0.5) is 13.2 Å². The minimum Gasteiger partial charge on any atom is -0.237 e. The van der Waals surface area contributed by atoms with Crippen LogP contribution in [0.15, 0.2) is 0 Å². The molecule has 0 radical (unpaired) electrons. The maximum Gasteiger partial charge on any atom is 0.389 e. The third kappa shape index (κ3) is 10.9. The normalized spacial score (nSPS) is 14.2. The van der Waals surface area contributed by atoms with E-state index in [9.17, 15) is 13.2 Å². The largest absolute Gasteiger partial charge is 0.389 e. The second-order valence-electron chi connectivity index (χ2n) is 5.92. The van der Waals surface area contributed by atoms with Crippen LogP contribution in [0.5, 0.6) is 0 Å². The van der Waals surface area contributed by atoms with Gasteiger partial charge >= 0.3 is 6.18 Å². The zero-order chi connectivity index (χ0) is 17.8. The van der Waals surface area contributed by atoms with Crippen LogP contribution in [0.1, 0.15) is 71.6 Å². The van der Waals surface area contributed by atoms with Crippen LogP contribution >= 0.6 is 0 Å². The SMILES string of the molecule is CCCCCCCCC(CCC(F)(F)F)C(C)(OOC)OOC. The van der Waals surface area contributed by atoms with Gasteiger partial charge in [-0.25, -0.2) is 9.78 Å². The highest BCUT2D eigenvalue weighted by molar-refractivity contribution is 4.75. The van der Waals surface area contributed by atoms with Crippen LogP contribution in [-0.4, -0.2) is 26.2 Å². The van der Waals surface area contributed by atoms with Crippen LogP contribution in [-0.2, 0) is 19.6 Å². The van der Waals surface area contributed by atoms with Gasteiger partial charge in [-0.3, -0.25) is 0 Å². The molecule has 140 valence electrons. The average Bonchev–Trinajstić information content (AvgIpc) is 2.45. The fourth-order valence-corrected chi connectivity index (χ4v) is 2.66. The number of unbranched alkanes of at least 4 members (excludes halogenated alkanes) is 5. The Balaban J connectivity index is 4.58. The summed E-state index contributed by atoms with van der Waals surface area (Å²) in [7, 11) is 2.59. The maximum absolute atomic E-state index is 12.6. The first-order valence-corrected chi connectivity index (χ1v) is 8.29. The second kappa shape index (κ2) is 12.1. The molecule has 1 atom stereocenters. The molecule has 0 N–H and O–H groups in total. The van der Waals surface area contributed by atoms with Crippen LogP contribution in [0, 0.1) is 5.92 Å². The van der Waals surface area contributed by atoms with E-state index >= 15 is 0 Å². The monoisotopic (exact) mass is 344 g/mol. The summed E-state index contributed by atoms with van der Waals surface area (Å²) in [5.74, 6) is -1.84. The van der Waals surface area contributed by atoms with E-state index in [1.807, 2.05) is 0 Å². The zero-order valence-corrected chi connectivity index (χ0v) is 14.7. The molecule has 1 unspecified atom stereocenters. The molecule has 0 aliphatic rings. The van der Waals surface area contributed by atoms with Crippen molar-refractivity contribution in [3.63, 3.8) is 0 Å². The Morgan fingerprint density at radius 3 is 1.83 bits per heavy atom. The highest BCUT2D eigenvalue weighted by Gasteiger charge is 2.41. The van der Waals surface area contributed by atoms with E-state index in [2.05, 4.69) is 16.7 Å². The lowest BCUT2D eigenvalue weighted by atomic mass is 9.88. The zero-order valence-electron chi connectivity index (χ0n) is 14.7. The Bertz CT molecular complexity index is 279. The molecule has 0 saturated heterocycles. The third-order valence-corrected chi connectivity index (χ3v) is 3.92. The first-order valence-electron chi connectivity index (χ1n) is 8.29. The van der Waals surface area contributed by atoms with E-state index < -0.39 is 24.3 Å². The molecule has 4 nitrogen and oxygen atoms in total. The van der Waals surface area contributed by atoms with Crippen LogP contribution in [0.2, 0.25) is 0 Å². The molecule has 23 heavy (non-hydrogen) atoms. The number of alkyl halides is 3. The molecule has 0 aliphatic heterocycles. The standard InChI is InChI=1S/C16H31F3O4/c1-5-6-7-8-9-10-11-14(12-13-16(17,18)19)15(2,22-20-3)23-21-4/h14H,5-13H2,1-4H3. The number of hydrogen-bond donors (Lipinski definition) is 0. The molecular formula is C16H31F3O4. The van der Waals surface area contributed by atoms with Gasteiger partial charge in [0.2, 0.25) is 5.79 Å². The quantitative estimate of drug-likeness (QED) is 0.179. The lowest BCUT2D eigenvalue weighted by Gasteiger charge is -2.34. The summed E-state index contributed by atoms with van der Waals surface area (Å²) in [5.41, 5.74) is 0. The third-order valence-electron chi connectivity index (χ3n) is 3.92. The lowest BCUT2D eigenvalue weighted by molar-refractivity contribution is -0.508. The van der Waals surface area contributed by atoms with Gasteiger partial charge in [0.1, 0.15) is 0 Å². The van der Waals surface area contributed by atoms with E-state index in [-0.39, 0.29) is 6.42 Å². The first kappa shape index (κ1) is 22.6. The topological polar surface area (TPSA) is 36.9 Å². The van der Waals surface area contributed by atoms with E-state index in [0.29, 0.717) is 6.42 Å². The summed E-state index contributed by atoms with van der Waals surface area (Å²) in [6.07, 6.45) is 1.78. The van der Waals surface area contributed by atoms with Crippen LogP contribution < -0.4 is 0 Å². The van der Waals surface area contributed by atoms with Crippen molar-refractivity contribution in [2.45, 2.75) is 83.6 Å². The fraction of sp³-hybridized carbons (Fsp3) is 1.00.